The van der Waals surface area contributed by atoms with E-state index in [2.05, 4.69) is 33.0 Å². The largest absolute Gasteiger partial charge is 0.493 e. The minimum Gasteiger partial charge on any atom is -0.493 e. The van der Waals surface area contributed by atoms with E-state index in [1.54, 1.807) is 19.3 Å². The normalized spacial score (nSPS) is 16.5. The van der Waals surface area contributed by atoms with E-state index >= 15 is 0 Å². The molecule has 160 valence electrons. The van der Waals surface area contributed by atoms with Gasteiger partial charge in [0.15, 0.2) is 11.5 Å². The average Bonchev–Trinajstić information content (AvgIpc) is 2.96. The van der Waals surface area contributed by atoms with Crippen molar-refractivity contribution in [3.05, 3.63) is 29.5 Å². The van der Waals surface area contributed by atoms with E-state index in [1.165, 1.54) is 4.90 Å². The quantitative estimate of drug-likeness (QED) is 0.425. The lowest BCUT2D eigenvalue weighted by atomic mass is 9.99. The van der Waals surface area contributed by atoms with Crippen LogP contribution in [0.1, 0.15) is 58.9 Å². The Balaban J connectivity index is 2.13. The van der Waals surface area contributed by atoms with Gasteiger partial charge in [0.25, 0.3) is 5.91 Å². The molecule has 2 rings (SSSR count). The molecule has 0 saturated carbocycles. The summed E-state index contributed by atoms with van der Waals surface area (Å²) in [6.07, 6.45) is 5.88. The van der Waals surface area contributed by atoms with E-state index in [-0.39, 0.29) is 11.9 Å². The van der Waals surface area contributed by atoms with Crippen LogP contribution < -0.4 is 14.8 Å². The molecule has 1 aliphatic heterocycles. The molecule has 0 spiro atoms. The van der Waals surface area contributed by atoms with Crippen LogP contribution in [0.5, 0.6) is 11.5 Å². The zero-order chi connectivity index (χ0) is 21.4. The number of hydrogen-bond acceptors (Lipinski definition) is 4. The Morgan fingerprint density at radius 2 is 1.93 bits per heavy atom. The number of hydrogen-bond donors (Lipinski definition) is 1. The topological polar surface area (TPSA) is 67.9 Å². The van der Waals surface area contributed by atoms with Crippen molar-refractivity contribution in [2.75, 3.05) is 20.3 Å². The van der Waals surface area contributed by atoms with E-state index in [4.69, 9.17) is 9.47 Å². The second-order valence-electron chi connectivity index (χ2n) is 7.94. The summed E-state index contributed by atoms with van der Waals surface area (Å²) in [5, 5.41) is 2.71. The van der Waals surface area contributed by atoms with Crippen molar-refractivity contribution in [3.63, 3.8) is 0 Å². The highest BCUT2D eigenvalue weighted by molar-refractivity contribution is 6.14. The number of carbonyl (C=O) groups excluding carboxylic acids is 2. The van der Waals surface area contributed by atoms with Gasteiger partial charge < -0.3 is 14.8 Å². The van der Waals surface area contributed by atoms with Gasteiger partial charge in [0.1, 0.15) is 5.70 Å². The minimum atomic E-state index is -0.347. The average molecular weight is 403 g/mol. The Hall–Kier alpha value is -2.50. The van der Waals surface area contributed by atoms with Crippen molar-refractivity contribution in [3.8, 4) is 11.5 Å². The molecule has 1 aromatic carbocycles. The predicted octanol–water partition coefficient (Wildman–Crippen LogP) is 4.84. The molecule has 1 aromatic rings. The third-order valence-electron chi connectivity index (χ3n) is 5.02. The number of ether oxygens (including phenoxy) is 2. The molecular weight excluding hydrogens is 368 g/mol. The van der Waals surface area contributed by atoms with Gasteiger partial charge >= 0.3 is 6.03 Å². The maximum atomic E-state index is 12.8. The molecule has 0 bridgehead atoms. The van der Waals surface area contributed by atoms with Gasteiger partial charge in [0, 0.05) is 6.54 Å². The third kappa shape index (κ3) is 6.24. The number of imide groups is 1. The molecule has 1 atom stereocenters. The van der Waals surface area contributed by atoms with Crippen molar-refractivity contribution >= 4 is 18.0 Å². The maximum absolute atomic E-state index is 12.8. The molecular formula is C23H34N2O4. The fourth-order valence-electron chi connectivity index (χ4n) is 3.23. The molecule has 1 saturated heterocycles. The van der Waals surface area contributed by atoms with Crippen molar-refractivity contribution in [2.24, 2.45) is 11.8 Å². The van der Waals surface area contributed by atoms with Gasteiger partial charge in [-0.2, -0.15) is 0 Å². The molecule has 0 radical (unpaired) electrons. The van der Waals surface area contributed by atoms with Crippen molar-refractivity contribution in [2.45, 2.75) is 53.4 Å². The Kier molecular flexibility index (Phi) is 8.55. The summed E-state index contributed by atoms with van der Waals surface area (Å²) in [6.45, 7) is 9.47. The van der Waals surface area contributed by atoms with Crippen molar-refractivity contribution < 1.29 is 19.1 Å². The molecule has 1 fully saturated rings. The van der Waals surface area contributed by atoms with Gasteiger partial charge in [-0.05, 0) is 42.0 Å². The number of methoxy groups -OCH3 is 1. The number of urea groups is 1. The molecule has 0 aromatic heterocycles. The van der Waals surface area contributed by atoms with Crippen LogP contribution in [0.25, 0.3) is 6.08 Å². The van der Waals surface area contributed by atoms with Gasteiger partial charge in [-0.3, -0.25) is 9.69 Å². The highest BCUT2D eigenvalue weighted by Gasteiger charge is 2.34. The lowest BCUT2D eigenvalue weighted by Gasteiger charge is -2.20. The van der Waals surface area contributed by atoms with Crippen LogP contribution in [-0.4, -0.2) is 37.1 Å². The van der Waals surface area contributed by atoms with Gasteiger partial charge in [-0.25, -0.2) is 4.79 Å². The first-order chi connectivity index (χ1) is 13.9. The van der Waals surface area contributed by atoms with Gasteiger partial charge in [-0.15, -0.1) is 0 Å². The summed E-state index contributed by atoms with van der Waals surface area (Å²) < 4.78 is 11.2. The summed E-state index contributed by atoms with van der Waals surface area (Å²) in [5.41, 5.74) is 1.06. The molecule has 1 unspecified atom stereocenters. The van der Waals surface area contributed by atoms with E-state index in [1.807, 2.05) is 12.1 Å². The lowest BCUT2D eigenvalue weighted by Crippen LogP contribution is -2.35. The van der Waals surface area contributed by atoms with Gasteiger partial charge in [0.05, 0.1) is 13.7 Å². The fraction of sp³-hybridized carbons (Fsp3) is 0.565. The fourth-order valence-corrected chi connectivity index (χ4v) is 3.23. The van der Waals surface area contributed by atoms with Crippen LogP contribution in [0.4, 0.5) is 4.79 Å². The molecule has 0 aliphatic carbocycles. The first-order valence-corrected chi connectivity index (χ1v) is 10.5. The van der Waals surface area contributed by atoms with Crippen molar-refractivity contribution in [1.82, 2.24) is 10.2 Å². The minimum absolute atomic E-state index is 0.274. The van der Waals surface area contributed by atoms with Crippen LogP contribution in [0.3, 0.4) is 0 Å². The number of amides is 3. The second-order valence-corrected chi connectivity index (χ2v) is 7.94. The standard InChI is InChI=1S/C23H34N2O4/c1-6-8-9-17(7-2)14-25-22(26)19(24-23(25)27)12-18-10-11-20(21(13-18)28-5)29-15-16(3)4/h10-13,16-17H,6-9,14-15H2,1-5H3,(H,24,27)/b19-12-. The van der Waals surface area contributed by atoms with Crippen molar-refractivity contribution in [1.29, 1.82) is 0 Å². The van der Waals surface area contributed by atoms with Crippen LogP contribution in [-0.2, 0) is 4.79 Å². The van der Waals surface area contributed by atoms with Crippen LogP contribution in [0.2, 0.25) is 0 Å². The first-order valence-electron chi connectivity index (χ1n) is 10.5. The Morgan fingerprint density at radius 1 is 1.17 bits per heavy atom. The maximum Gasteiger partial charge on any atom is 0.329 e. The zero-order valence-electron chi connectivity index (χ0n) is 18.3. The van der Waals surface area contributed by atoms with E-state index in [0.717, 1.165) is 31.2 Å². The predicted molar refractivity (Wildman–Crippen MR) is 115 cm³/mol. The van der Waals surface area contributed by atoms with E-state index in [9.17, 15) is 9.59 Å². The summed E-state index contributed by atoms with van der Waals surface area (Å²) in [6, 6.07) is 5.13. The SMILES string of the molecule is CCCCC(CC)CN1C(=O)N/C(=C\c2ccc(OCC(C)C)c(OC)c2)C1=O. The molecule has 1 heterocycles. The Labute approximate surface area is 174 Å². The lowest BCUT2D eigenvalue weighted by molar-refractivity contribution is -0.123. The molecule has 1 N–H and O–H groups in total. The van der Waals surface area contributed by atoms with Crippen LogP contribution in [0, 0.1) is 11.8 Å². The van der Waals surface area contributed by atoms with Gasteiger partial charge in [-0.1, -0.05) is 53.0 Å². The van der Waals surface area contributed by atoms with E-state index < -0.39 is 0 Å². The summed E-state index contributed by atoms with van der Waals surface area (Å²) in [5.74, 6) is 1.72. The smallest absolute Gasteiger partial charge is 0.329 e. The summed E-state index contributed by atoms with van der Waals surface area (Å²) in [4.78, 5) is 26.4. The zero-order valence-corrected chi connectivity index (χ0v) is 18.3. The molecule has 3 amide bonds. The van der Waals surface area contributed by atoms with E-state index in [0.29, 0.717) is 42.2 Å². The third-order valence-corrected chi connectivity index (χ3v) is 5.02. The van der Waals surface area contributed by atoms with Crippen LogP contribution >= 0.6 is 0 Å². The summed E-state index contributed by atoms with van der Waals surface area (Å²) >= 11 is 0. The summed E-state index contributed by atoms with van der Waals surface area (Å²) in [7, 11) is 1.58. The number of carbonyl (C=O) groups is 2. The highest BCUT2D eigenvalue weighted by atomic mass is 16.5. The van der Waals surface area contributed by atoms with Crippen LogP contribution in [0.15, 0.2) is 23.9 Å². The first kappa shape index (κ1) is 22.8. The second kappa shape index (κ2) is 10.9. The number of rotatable bonds is 11. The van der Waals surface area contributed by atoms with Gasteiger partial charge in [0.2, 0.25) is 0 Å². The number of nitrogens with one attached hydrogen (secondary N) is 1. The number of unbranched alkanes of at least 4 members (excludes halogenated alkanes) is 1. The molecule has 6 heteroatoms. The molecule has 1 aliphatic rings. The number of benzene rings is 1. The number of nitrogens with zero attached hydrogens (tertiary/aromatic N) is 1. The molecule has 6 nitrogen and oxygen atoms in total. The monoisotopic (exact) mass is 402 g/mol. The highest BCUT2D eigenvalue weighted by Crippen LogP contribution is 2.30. The Morgan fingerprint density at radius 3 is 2.55 bits per heavy atom. The Bertz CT molecular complexity index is 742. The molecule has 29 heavy (non-hydrogen) atoms.